The number of ether oxygens (including phenoxy) is 1. The van der Waals surface area contributed by atoms with Gasteiger partial charge in [-0.1, -0.05) is 0 Å². The normalized spacial score (nSPS) is 22.6. The molecule has 5 heteroatoms. The fourth-order valence-corrected chi connectivity index (χ4v) is 3.81. The number of thiophene rings is 1. The van der Waals surface area contributed by atoms with Crippen molar-refractivity contribution >= 4 is 27.3 Å². The molecule has 0 amide bonds. The zero-order chi connectivity index (χ0) is 12.1. The van der Waals surface area contributed by atoms with Crippen LogP contribution in [0.3, 0.4) is 0 Å². The average molecular weight is 319 g/mol. The molecule has 17 heavy (non-hydrogen) atoms. The Morgan fingerprint density at radius 2 is 2.47 bits per heavy atom. The molecule has 0 aliphatic carbocycles. The van der Waals surface area contributed by atoms with Crippen LogP contribution in [0.4, 0.5) is 0 Å². The molecule has 1 aromatic rings. The van der Waals surface area contributed by atoms with Gasteiger partial charge in [0.15, 0.2) is 0 Å². The molecule has 0 aromatic carbocycles. The first-order valence-electron chi connectivity index (χ1n) is 6.09. The third kappa shape index (κ3) is 4.03. The Bertz CT molecular complexity index is 339. The van der Waals surface area contributed by atoms with E-state index in [0.717, 1.165) is 19.4 Å². The Hall–Kier alpha value is 0.0600. The fraction of sp³-hybridized carbons (Fsp3) is 0.667. The molecule has 0 radical (unpaired) electrons. The van der Waals surface area contributed by atoms with E-state index in [4.69, 9.17) is 10.6 Å². The summed E-state index contributed by atoms with van der Waals surface area (Å²) in [7, 11) is 0. The molecule has 1 aromatic heterocycles. The molecule has 1 saturated heterocycles. The molecule has 0 saturated carbocycles. The van der Waals surface area contributed by atoms with Crippen molar-refractivity contribution in [3.8, 4) is 0 Å². The molecule has 1 aliphatic rings. The Morgan fingerprint density at radius 3 is 3.06 bits per heavy atom. The van der Waals surface area contributed by atoms with Crippen molar-refractivity contribution in [1.29, 1.82) is 0 Å². The van der Waals surface area contributed by atoms with Gasteiger partial charge in [-0.05, 0) is 59.5 Å². The van der Waals surface area contributed by atoms with E-state index in [1.165, 1.54) is 28.6 Å². The lowest BCUT2D eigenvalue weighted by molar-refractivity contribution is 0.00527. The summed E-state index contributed by atoms with van der Waals surface area (Å²) in [6.45, 7) is 0.907. The standard InChI is InChI=1S/C12H19BrN2OS/c13-11-4-6-17-12(11)8-9(15-14)7-10-3-1-2-5-16-10/h4,6,9-10,15H,1-3,5,7-8,14H2. The fourth-order valence-electron chi connectivity index (χ4n) is 2.22. The van der Waals surface area contributed by atoms with Crippen LogP contribution in [0.25, 0.3) is 0 Å². The van der Waals surface area contributed by atoms with Gasteiger partial charge in [-0.2, -0.15) is 0 Å². The summed E-state index contributed by atoms with van der Waals surface area (Å²) >= 11 is 5.33. The zero-order valence-corrected chi connectivity index (χ0v) is 12.2. The molecule has 3 nitrogen and oxygen atoms in total. The van der Waals surface area contributed by atoms with Crippen LogP contribution in [-0.2, 0) is 11.2 Å². The second-order valence-electron chi connectivity index (χ2n) is 4.48. The summed E-state index contributed by atoms with van der Waals surface area (Å²) < 4.78 is 6.94. The van der Waals surface area contributed by atoms with Crippen LogP contribution in [0, 0.1) is 0 Å². The lowest BCUT2D eigenvalue weighted by atomic mass is 10.00. The number of rotatable bonds is 5. The van der Waals surface area contributed by atoms with Crippen LogP contribution in [0.15, 0.2) is 15.9 Å². The van der Waals surface area contributed by atoms with E-state index in [-0.39, 0.29) is 0 Å². The summed E-state index contributed by atoms with van der Waals surface area (Å²) in [6, 6.07) is 2.39. The zero-order valence-electron chi connectivity index (χ0n) is 9.82. The monoisotopic (exact) mass is 318 g/mol. The van der Waals surface area contributed by atoms with Crippen molar-refractivity contribution in [2.24, 2.45) is 5.84 Å². The molecule has 2 heterocycles. The Kier molecular flexibility index (Phi) is 5.44. The van der Waals surface area contributed by atoms with Gasteiger partial charge in [0.2, 0.25) is 0 Å². The SMILES string of the molecule is NNC(Cc1sccc1Br)CC1CCCCO1. The van der Waals surface area contributed by atoms with E-state index in [1.54, 1.807) is 11.3 Å². The summed E-state index contributed by atoms with van der Waals surface area (Å²) in [5, 5.41) is 2.10. The number of halogens is 1. The first-order valence-corrected chi connectivity index (χ1v) is 7.76. The van der Waals surface area contributed by atoms with Gasteiger partial charge in [-0.3, -0.25) is 11.3 Å². The summed E-state index contributed by atoms with van der Waals surface area (Å²) in [5.41, 5.74) is 2.92. The van der Waals surface area contributed by atoms with Crippen LogP contribution >= 0.6 is 27.3 Å². The van der Waals surface area contributed by atoms with Crippen LogP contribution in [-0.4, -0.2) is 18.8 Å². The van der Waals surface area contributed by atoms with Crippen LogP contribution in [0.1, 0.15) is 30.6 Å². The lowest BCUT2D eigenvalue weighted by Gasteiger charge is -2.26. The highest BCUT2D eigenvalue weighted by Gasteiger charge is 2.20. The number of nitrogens with one attached hydrogen (secondary N) is 1. The maximum absolute atomic E-state index is 5.76. The van der Waals surface area contributed by atoms with Gasteiger partial charge in [0.05, 0.1) is 6.10 Å². The van der Waals surface area contributed by atoms with E-state index in [1.807, 2.05) is 0 Å². The Morgan fingerprint density at radius 1 is 1.59 bits per heavy atom. The van der Waals surface area contributed by atoms with Crippen LogP contribution in [0.2, 0.25) is 0 Å². The first kappa shape index (κ1) is 13.5. The van der Waals surface area contributed by atoms with Gasteiger partial charge in [-0.25, -0.2) is 0 Å². The Labute approximate surface area is 115 Å². The van der Waals surface area contributed by atoms with E-state index in [0.29, 0.717) is 12.1 Å². The maximum Gasteiger partial charge on any atom is 0.0590 e. The van der Waals surface area contributed by atoms with Gasteiger partial charge in [-0.15, -0.1) is 11.3 Å². The van der Waals surface area contributed by atoms with Crippen LogP contribution in [0.5, 0.6) is 0 Å². The highest BCUT2D eigenvalue weighted by molar-refractivity contribution is 9.10. The topological polar surface area (TPSA) is 47.3 Å². The molecule has 96 valence electrons. The molecule has 0 spiro atoms. The van der Waals surface area contributed by atoms with Gasteiger partial charge < -0.3 is 4.74 Å². The third-order valence-electron chi connectivity index (χ3n) is 3.18. The minimum Gasteiger partial charge on any atom is -0.378 e. The number of hydrazine groups is 1. The number of hydrogen-bond acceptors (Lipinski definition) is 4. The van der Waals surface area contributed by atoms with Crippen molar-refractivity contribution in [2.75, 3.05) is 6.61 Å². The first-order chi connectivity index (χ1) is 8.29. The largest absolute Gasteiger partial charge is 0.378 e. The van der Waals surface area contributed by atoms with Crippen molar-refractivity contribution in [1.82, 2.24) is 5.43 Å². The smallest absolute Gasteiger partial charge is 0.0590 e. The third-order valence-corrected chi connectivity index (χ3v) is 5.13. The summed E-state index contributed by atoms with van der Waals surface area (Å²) in [5.74, 6) is 5.64. The van der Waals surface area contributed by atoms with E-state index < -0.39 is 0 Å². The van der Waals surface area contributed by atoms with Crippen molar-refractivity contribution in [2.45, 2.75) is 44.2 Å². The molecule has 0 bridgehead atoms. The summed E-state index contributed by atoms with van der Waals surface area (Å²) in [4.78, 5) is 1.35. The number of nitrogens with two attached hydrogens (primary N) is 1. The second-order valence-corrected chi connectivity index (χ2v) is 6.34. The lowest BCUT2D eigenvalue weighted by Crippen LogP contribution is -2.40. The molecule has 1 aliphatic heterocycles. The summed E-state index contributed by atoms with van der Waals surface area (Å²) in [6.07, 6.45) is 6.00. The highest BCUT2D eigenvalue weighted by atomic mass is 79.9. The minimum absolute atomic E-state index is 0.299. The van der Waals surface area contributed by atoms with Gasteiger partial charge in [0.25, 0.3) is 0 Å². The van der Waals surface area contributed by atoms with Crippen molar-refractivity contribution in [3.05, 3.63) is 20.8 Å². The van der Waals surface area contributed by atoms with Crippen LogP contribution < -0.4 is 11.3 Å². The molecule has 1 fully saturated rings. The van der Waals surface area contributed by atoms with Crippen molar-refractivity contribution in [3.63, 3.8) is 0 Å². The predicted molar refractivity (Wildman–Crippen MR) is 75.0 cm³/mol. The van der Waals surface area contributed by atoms with E-state index in [9.17, 15) is 0 Å². The van der Waals surface area contributed by atoms with Gasteiger partial charge in [0, 0.05) is 22.0 Å². The Balaban J connectivity index is 1.85. The predicted octanol–water partition coefficient (Wildman–Crippen LogP) is 2.84. The minimum atomic E-state index is 0.299. The molecule has 2 rings (SSSR count). The van der Waals surface area contributed by atoms with Gasteiger partial charge in [0.1, 0.15) is 0 Å². The van der Waals surface area contributed by atoms with E-state index in [2.05, 4.69) is 32.8 Å². The van der Waals surface area contributed by atoms with Gasteiger partial charge >= 0.3 is 0 Å². The molecule has 2 atom stereocenters. The molecule has 2 unspecified atom stereocenters. The molecule has 3 N–H and O–H groups in total. The highest BCUT2D eigenvalue weighted by Crippen LogP contribution is 2.26. The quantitative estimate of drug-likeness (QED) is 0.648. The van der Waals surface area contributed by atoms with Crippen molar-refractivity contribution < 1.29 is 4.74 Å². The number of hydrogen-bond donors (Lipinski definition) is 2. The molecular weight excluding hydrogens is 300 g/mol. The van der Waals surface area contributed by atoms with E-state index >= 15 is 0 Å². The second kappa shape index (κ2) is 6.85. The molecular formula is C12H19BrN2OS. The maximum atomic E-state index is 5.76. The average Bonchev–Trinajstić information content (AvgIpc) is 2.75.